The summed E-state index contributed by atoms with van der Waals surface area (Å²) in [4.78, 5) is 9.42. The number of aryl methyl sites for hydroxylation is 1. The molecule has 0 N–H and O–H groups in total. The van der Waals surface area contributed by atoms with Gasteiger partial charge >= 0.3 is 0 Å². The Bertz CT molecular complexity index is 736. The van der Waals surface area contributed by atoms with Gasteiger partial charge < -0.3 is 0 Å². The lowest BCUT2D eigenvalue weighted by atomic mass is 10.1. The second-order valence-corrected chi connectivity index (χ2v) is 4.76. The second kappa shape index (κ2) is 5.37. The van der Waals surface area contributed by atoms with Crippen LogP contribution in [0.15, 0.2) is 48.5 Å². The molecule has 3 aromatic rings. The van der Waals surface area contributed by atoms with Gasteiger partial charge in [0.25, 0.3) is 0 Å². The van der Waals surface area contributed by atoms with E-state index in [1.54, 1.807) is 12.1 Å². The number of nitrogens with zero attached hydrogens (tertiary/aromatic N) is 2. The largest absolute Gasteiger partial charge is 0.249 e. The first kappa shape index (κ1) is 12.7. The normalized spacial score (nSPS) is 10.9. The molecule has 3 heteroatoms. The van der Waals surface area contributed by atoms with Crippen LogP contribution in [0.2, 0.25) is 0 Å². The molecule has 2 aromatic carbocycles. The van der Waals surface area contributed by atoms with Gasteiger partial charge in [-0.2, -0.15) is 0 Å². The van der Waals surface area contributed by atoms with Crippen LogP contribution in [0, 0.1) is 5.82 Å². The molecular formula is C17H15FN2. The van der Waals surface area contributed by atoms with Crippen molar-refractivity contribution in [1.82, 2.24) is 9.97 Å². The maximum atomic E-state index is 13.1. The van der Waals surface area contributed by atoms with E-state index in [1.165, 1.54) is 12.1 Å². The van der Waals surface area contributed by atoms with Gasteiger partial charge in [-0.1, -0.05) is 25.5 Å². The first-order valence-corrected chi connectivity index (χ1v) is 6.79. The zero-order chi connectivity index (χ0) is 13.9. The van der Waals surface area contributed by atoms with Gasteiger partial charge in [0.2, 0.25) is 0 Å². The number of aromatic nitrogens is 2. The zero-order valence-electron chi connectivity index (χ0n) is 11.3. The maximum absolute atomic E-state index is 13.1. The van der Waals surface area contributed by atoms with E-state index in [2.05, 4.69) is 6.92 Å². The maximum Gasteiger partial charge on any atom is 0.123 e. The van der Waals surface area contributed by atoms with E-state index in [9.17, 15) is 4.39 Å². The van der Waals surface area contributed by atoms with E-state index in [4.69, 9.17) is 9.97 Å². The standard InChI is InChI=1S/C17H15FN2/c1-2-5-16-17(12-8-10-13(18)11-9-12)20-15-7-4-3-6-14(15)19-16/h3-4,6-11H,2,5H2,1H3. The summed E-state index contributed by atoms with van der Waals surface area (Å²) in [7, 11) is 0. The lowest BCUT2D eigenvalue weighted by Crippen LogP contribution is -1.98. The van der Waals surface area contributed by atoms with Gasteiger partial charge in [0.1, 0.15) is 5.82 Å². The fourth-order valence-electron chi connectivity index (χ4n) is 2.29. The van der Waals surface area contributed by atoms with Gasteiger partial charge in [-0.25, -0.2) is 14.4 Å². The van der Waals surface area contributed by atoms with E-state index < -0.39 is 0 Å². The van der Waals surface area contributed by atoms with Crippen molar-refractivity contribution in [2.24, 2.45) is 0 Å². The Kier molecular flexibility index (Phi) is 3.42. The third-order valence-corrected chi connectivity index (χ3v) is 3.25. The molecular weight excluding hydrogens is 251 g/mol. The molecule has 0 aliphatic rings. The van der Waals surface area contributed by atoms with Crippen LogP contribution >= 0.6 is 0 Å². The number of halogens is 1. The summed E-state index contributed by atoms with van der Waals surface area (Å²) in [5, 5.41) is 0. The summed E-state index contributed by atoms with van der Waals surface area (Å²) in [6, 6.07) is 14.3. The minimum absolute atomic E-state index is 0.237. The van der Waals surface area contributed by atoms with Gasteiger partial charge in [0.05, 0.1) is 22.4 Å². The summed E-state index contributed by atoms with van der Waals surface area (Å²) in [6.07, 6.45) is 1.87. The molecule has 0 radical (unpaired) electrons. The molecule has 1 aromatic heterocycles. The molecule has 3 rings (SSSR count). The monoisotopic (exact) mass is 266 g/mol. The molecule has 0 aliphatic heterocycles. The Morgan fingerprint density at radius 2 is 1.55 bits per heavy atom. The van der Waals surface area contributed by atoms with Crippen LogP contribution in [0.1, 0.15) is 19.0 Å². The third kappa shape index (κ3) is 2.39. The number of hydrogen-bond donors (Lipinski definition) is 0. The summed E-state index contributed by atoms with van der Waals surface area (Å²) in [5.74, 6) is -0.237. The number of fused-ring (bicyclic) bond motifs is 1. The first-order valence-electron chi connectivity index (χ1n) is 6.79. The van der Waals surface area contributed by atoms with Crippen LogP contribution in [0.4, 0.5) is 4.39 Å². The van der Waals surface area contributed by atoms with Crippen molar-refractivity contribution in [3.63, 3.8) is 0 Å². The lowest BCUT2D eigenvalue weighted by Gasteiger charge is -2.09. The SMILES string of the molecule is CCCc1nc2ccccc2nc1-c1ccc(F)cc1. The van der Waals surface area contributed by atoms with Gasteiger partial charge in [0.15, 0.2) is 0 Å². The van der Waals surface area contributed by atoms with Crippen molar-refractivity contribution in [2.45, 2.75) is 19.8 Å². The average Bonchev–Trinajstić information content (AvgIpc) is 2.48. The highest BCUT2D eigenvalue weighted by Crippen LogP contribution is 2.24. The predicted molar refractivity (Wildman–Crippen MR) is 78.9 cm³/mol. The topological polar surface area (TPSA) is 25.8 Å². The number of hydrogen-bond acceptors (Lipinski definition) is 2. The smallest absolute Gasteiger partial charge is 0.123 e. The van der Waals surface area contributed by atoms with Crippen molar-refractivity contribution in [3.8, 4) is 11.3 Å². The molecule has 100 valence electrons. The lowest BCUT2D eigenvalue weighted by molar-refractivity contribution is 0.628. The number of benzene rings is 2. The van der Waals surface area contributed by atoms with Crippen LogP contribution in [0.5, 0.6) is 0 Å². The Morgan fingerprint density at radius 1 is 0.900 bits per heavy atom. The molecule has 20 heavy (non-hydrogen) atoms. The van der Waals surface area contributed by atoms with Crippen LogP contribution < -0.4 is 0 Å². The van der Waals surface area contributed by atoms with Crippen molar-refractivity contribution in [3.05, 3.63) is 60.0 Å². The fourth-order valence-corrected chi connectivity index (χ4v) is 2.29. The van der Waals surface area contributed by atoms with E-state index >= 15 is 0 Å². The van der Waals surface area contributed by atoms with Gasteiger partial charge in [-0.3, -0.25) is 0 Å². The van der Waals surface area contributed by atoms with E-state index in [-0.39, 0.29) is 5.82 Å². The van der Waals surface area contributed by atoms with Gasteiger partial charge in [0, 0.05) is 5.56 Å². The molecule has 0 saturated heterocycles. The Hall–Kier alpha value is -2.29. The van der Waals surface area contributed by atoms with Crippen LogP contribution in [-0.2, 0) is 6.42 Å². The quantitative estimate of drug-likeness (QED) is 0.702. The molecule has 0 fully saturated rings. The van der Waals surface area contributed by atoms with Crippen LogP contribution in [-0.4, -0.2) is 9.97 Å². The highest BCUT2D eigenvalue weighted by molar-refractivity contribution is 5.78. The number of rotatable bonds is 3. The molecule has 2 nitrogen and oxygen atoms in total. The minimum Gasteiger partial charge on any atom is -0.249 e. The Labute approximate surface area is 117 Å². The summed E-state index contributed by atoms with van der Waals surface area (Å²) in [5.41, 5.74) is 4.50. The van der Waals surface area contributed by atoms with Crippen molar-refractivity contribution < 1.29 is 4.39 Å². The molecule has 0 bridgehead atoms. The molecule has 0 saturated carbocycles. The van der Waals surface area contributed by atoms with Crippen LogP contribution in [0.25, 0.3) is 22.3 Å². The fraction of sp³-hybridized carbons (Fsp3) is 0.176. The van der Waals surface area contributed by atoms with Gasteiger partial charge in [-0.05, 0) is 42.8 Å². The van der Waals surface area contributed by atoms with E-state index in [1.807, 2.05) is 24.3 Å². The third-order valence-electron chi connectivity index (χ3n) is 3.25. The predicted octanol–water partition coefficient (Wildman–Crippen LogP) is 4.39. The average molecular weight is 266 g/mol. The highest BCUT2D eigenvalue weighted by atomic mass is 19.1. The van der Waals surface area contributed by atoms with Gasteiger partial charge in [-0.15, -0.1) is 0 Å². The summed E-state index contributed by atoms with van der Waals surface area (Å²) < 4.78 is 13.1. The van der Waals surface area contributed by atoms with Crippen molar-refractivity contribution in [1.29, 1.82) is 0 Å². The first-order chi connectivity index (χ1) is 9.78. The van der Waals surface area contributed by atoms with E-state index in [0.717, 1.165) is 40.8 Å². The number of para-hydroxylation sites is 2. The highest BCUT2D eigenvalue weighted by Gasteiger charge is 2.10. The summed E-state index contributed by atoms with van der Waals surface area (Å²) in [6.45, 7) is 2.12. The second-order valence-electron chi connectivity index (χ2n) is 4.76. The molecule has 0 unspecified atom stereocenters. The minimum atomic E-state index is -0.237. The molecule has 0 amide bonds. The molecule has 0 spiro atoms. The van der Waals surface area contributed by atoms with Crippen molar-refractivity contribution in [2.75, 3.05) is 0 Å². The molecule has 0 aliphatic carbocycles. The van der Waals surface area contributed by atoms with Crippen molar-refractivity contribution >= 4 is 11.0 Å². The molecule has 1 heterocycles. The Morgan fingerprint density at radius 3 is 2.20 bits per heavy atom. The Balaban J connectivity index is 2.20. The zero-order valence-corrected chi connectivity index (χ0v) is 11.3. The van der Waals surface area contributed by atoms with E-state index in [0.29, 0.717) is 0 Å². The van der Waals surface area contributed by atoms with Crippen LogP contribution in [0.3, 0.4) is 0 Å². The molecule has 0 atom stereocenters. The summed E-state index contributed by atoms with van der Waals surface area (Å²) >= 11 is 0.